The molecule has 1 amide bonds. The van der Waals surface area contributed by atoms with Gasteiger partial charge in [-0.1, -0.05) is 29.3 Å². The Kier molecular flexibility index (Phi) is 5.61. The van der Waals surface area contributed by atoms with E-state index in [1.807, 2.05) is 24.3 Å². The van der Waals surface area contributed by atoms with Crippen LogP contribution < -0.4 is 15.4 Å². The number of pyridine rings is 1. The molecule has 7 heteroatoms. The molecule has 0 aliphatic heterocycles. The zero-order chi connectivity index (χ0) is 18.5. The Morgan fingerprint density at radius 1 is 1.04 bits per heavy atom. The molecule has 0 aliphatic carbocycles. The lowest BCUT2D eigenvalue weighted by molar-refractivity contribution is 0.102. The molecule has 1 heterocycles. The summed E-state index contributed by atoms with van der Waals surface area (Å²) in [5.74, 6) is 0.408. The number of anilines is 3. The quantitative estimate of drug-likeness (QED) is 0.615. The molecule has 132 valence electrons. The number of ether oxygens (including phenoxy) is 1. The highest BCUT2D eigenvalue weighted by Crippen LogP contribution is 2.26. The van der Waals surface area contributed by atoms with Gasteiger partial charge in [-0.05, 0) is 36.4 Å². The molecule has 2 aromatic carbocycles. The third-order valence-corrected chi connectivity index (χ3v) is 4.09. The molecular weight excluding hydrogens is 373 g/mol. The summed E-state index contributed by atoms with van der Waals surface area (Å²) in [5.41, 5.74) is 2.37. The van der Waals surface area contributed by atoms with Crippen molar-refractivity contribution in [3.63, 3.8) is 0 Å². The molecule has 5 nitrogen and oxygen atoms in total. The van der Waals surface area contributed by atoms with Gasteiger partial charge in [0.25, 0.3) is 5.91 Å². The molecule has 0 bridgehead atoms. The Labute approximate surface area is 160 Å². The van der Waals surface area contributed by atoms with E-state index in [-0.39, 0.29) is 5.91 Å². The summed E-state index contributed by atoms with van der Waals surface area (Å²) in [6, 6.07) is 14.0. The normalized spacial score (nSPS) is 10.3. The van der Waals surface area contributed by atoms with E-state index in [1.54, 1.807) is 37.6 Å². The highest BCUT2D eigenvalue weighted by Gasteiger charge is 2.10. The van der Waals surface area contributed by atoms with Crippen molar-refractivity contribution in [2.24, 2.45) is 0 Å². The first-order valence-corrected chi connectivity index (χ1v) is 8.43. The third-order valence-electron chi connectivity index (χ3n) is 3.54. The van der Waals surface area contributed by atoms with Gasteiger partial charge in [0.15, 0.2) is 0 Å². The maximum Gasteiger partial charge on any atom is 0.257 e. The van der Waals surface area contributed by atoms with Crippen LogP contribution in [0.1, 0.15) is 10.4 Å². The van der Waals surface area contributed by atoms with Crippen molar-refractivity contribution in [1.29, 1.82) is 0 Å². The van der Waals surface area contributed by atoms with Crippen molar-refractivity contribution in [1.82, 2.24) is 4.98 Å². The molecule has 0 saturated heterocycles. The minimum atomic E-state index is -0.323. The molecule has 3 aromatic rings. The standard InChI is InChI=1S/C19H15Cl2N3O2/c1-26-16-4-2-3-14(9-16)23-15-7-12(10-22-11-15)19(25)24-18-6-5-13(20)8-17(18)21/h2-11,23H,1H3,(H,24,25). The summed E-state index contributed by atoms with van der Waals surface area (Å²) in [6.07, 6.45) is 3.11. The van der Waals surface area contributed by atoms with Gasteiger partial charge in [-0.25, -0.2) is 0 Å². The fraction of sp³-hybridized carbons (Fsp3) is 0.0526. The van der Waals surface area contributed by atoms with Gasteiger partial charge >= 0.3 is 0 Å². The number of benzene rings is 2. The largest absolute Gasteiger partial charge is 0.497 e. The zero-order valence-corrected chi connectivity index (χ0v) is 15.3. The zero-order valence-electron chi connectivity index (χ0n) is 13.8. The van der Waals surface area contributed by atoms with Gasteiger partial charge in [-0.3, -0.25) is 9.78 Å². The van der Waals surface area contributed by atoms with Crippen molar-refractivity contribution in [2.45, 2.75) is 0 Å². The van der Waals surface area contributed by atoms with Crippen LogP contribution in [0.3, 0.4) is 0 Å². The van der Waals surface area contributed by atoms with Crippen molar-refractivity contribution in [2.75, 3.05) is 17.7 Å². The van der Waals surface area contributed by atoms with E-state index in [2.05, 4.69) is 15.6 Å². The molecule has 3 rings (SSSR count). The van der Waals surface area contributed by atoms with Gasteiger partial charge < -0.3 is 15.4 Å². The molecule has 0 fully saturated rings. The van der Waals surface area contributed by atoms with Gasteiger partial charge in [0.2, 0.25) is 0 Å². The number of halogens is 2. The molecule has 0 aliphatic rings. The monoisotopic (exact) mass is 387 g/mol. The number of carbonyl (C=O) groups excluding carboxylic acids is 1. The molecular formula is C19H15Cl2N3O2. The summed E-state index contributed by atoms with van der Waals surface area (Å²) in [6.45, 7) is 0. The Morgan fingerprint density at radius 3 is 2.65 bits per heavy atom. The van der Waals surface area contributed by atoms with Crippen LogP contribution in [0.2, 0.25) is 10.0 Å². The molecule has 0 unspecified atom stereocenters. The number of nitrogens with one attached hydrogen (secondary N) is 2. The summed E-state index contributed by atoms with van der Waals surface area (Å²) >= 11 is 12.0. The van der Waals surface area contributed by atoms with E-state index in [9.17, 15) is 4.79 Å². The summed E-state index contributed by atoms with van der Waals surface area (Å²) in [5, 5.41) is 6.80. The second kappa shape index (κ2) is 8.08. The first-order valence-electron chi connectivity index (χ1n) is 7.67. The van der Waals surface area contributed by atoms with Crippen LogP contribution in [0.15, 0.2) is 60.9 Å². The van der Waals surface area contributed by atoms with Crippen molar-refractivity contribution < 1.29 is 9.53 Å². The number of rotatable bonds is 5. The number of aromatic nitrogens is 1. The van der Waals surface area contributed by atoms with E-state index in [0.29, 0.717) is 27.0 Å². The Bertz CT molecular complexity index is 948. The SMILES string of the molecule is COc1cccc(Nc2cncc(C(=O)Nc3ccc(Cl)cc3Cl)c2)c1. The number of hydrogen-bond acceptors (Lipinski definition) is 4. The number of nitrogens with zero attached hydrogens (tertiary/aromatic N) is 1. The second-order valence-electron chi connectivity index (χ2n) is 5.40. The molecule has 2 N–H and O–H groups in total. The van der Waals surface area contributed by atoms with Crippen molar-refractivity contribution in [3.8, 4) is 5.75 Å². The molecule has 0 saturated carbocycles. The maximum atomic E-state index is 12.5. The van der Waals surface area contributed by atoms with Gasteiger partial charge in [0.05, 0.1) is 35.3 Å². The average Bonchev–Trinajstić information content (AvgIpc) is 2.64. The number of amides is 1. The van der Waals surface area contributed by atoms with E-state index >= 15 is 0 Å². The smallest absolute Gasteiger partial charge is 0.257 e. The van der Waals surface area contributed by atoms with Crippen LogP contribution in [0, 0.1) is 0 Å². The molecule has 0 radical (unpaired) electrons. The minimum Gasteiger partial charge on any atom is -0.497 e. The number of hydrogen-bond donors (Lipinski definition) is 2. The summed E-state index contributed by atoms with van der Waals surface area (Å²) < 4.78 is 5.20. The first kappa shape index (κ1) is 18.0. The maximum absolute atomic E-state index is 12.5. The van der Waals surface area contributed by atoms with Gasteiger partial charge in [0, 0.05) is 23.0 Å². The first-order chi connectivity index (χ1) is 12.5. The Morgan fingerprint density at radius 2 is 1.88 bits per heavy atom. The highest BCUT2D eigenvalue weighted by molar-refractivity contribution is 6.36. The van der Waals surface area contributed by atoms with Crippen molar-refractivity contribution in [3.05, 3.63) is 76.5 Å². The van der Waals surface area contributed by atoms with E-state index in [1.165, 1.54) is 6.20 Å². The molecule has 26 heavy (non-hydrogen) atoms. The van der Waals surface area contributed by atoms with Crippen LogP contribution in [0.4, 0.5) is 17.1 Å². The number of carbonyl (C=O) groups is 1. The minimum absolute atomic E-state index is 0.323. The van der Waals surface area contributed by atoms with Gasteiger partial charge in [-0.2, -0.15) is 0 Å². The topological polar surface area (TPSA) is 63.2 Å². The second-order valence-corrected chi connectivity index (χ2v) is 6.24. The highest BCUT2D eigenvalue weighted by atomic mass is 35.5. The van der Waals surface area contributed by atoms with Crippen LogP contribution in [-0.2, 0) is 0 Å². The van der Waals surface area contributed by atoms with E-state index in [0.717, 1.165) is 11.4 Å². The summed E-state index contributed by atoms with van der Waals surface area (Å²) in [4.78, 5) is 16.6. The Balaban J connectivity index is 1.76. The number of methoxy groups -OCH3 is 1. The molecule has 0 atom stereocenters. The lowest BCUT2D eigenvalue weighted by Gasteiger charge is -2.10. The van der Waals surface area contributed by atoms with Gasteiger partial charge in [0.1, 0.15) is 5.75 Å². The average molecular weight is 388 g/mol. The summed E-state index contributed by atoms with van der Waals surface area (Å²) in [7, 11) is 1.60. The fourth-order valence-corrected chi connectivity index (χ4v) is 2.74. The van der Waals surface area contributed by atoms with E-state index in [4.69, 9.17) is 27.9 Å². The molecule has 0 spiro atoms. The predicted octanol–water partition coefficient (Wildman–Crippen LogP) is 5.39. The lowest BCUT2D eigenvalue weighted by Crippen LogP contribution is -2.12. The van der Waals surface area contributed by atoms with Crippen LogP contribution >= 0.6 is 23.2 Å². The fourth-order valence-electron chi connectivity index (χ4n) is 2.29. The van der Waals surface area contributed by atoms with Crippen LogP contribution in [-0.4, -0.2) is 18.0 Å². The van der Waals surface area contributed by atoms with E-state index < -0.39 is 0 Å². The Hall–Kier alpha value is -2.76. The van der Waals surface area contributed by atoms with Gasteiger partial charge in [-0.15, -0.1) is 0 Å². The van der Waals surface area contributed by atoms with Crippen LogP contribution in [0.25, 0.3) is 0 Å². The third kappa shape index (κ3) is 4.45. The predicted molar refractivity (Wildman–Crippen MR) is 105 cm³/mol. The lowest BCUT2D eigenvalue weighted by atomic mass is 10.2. The molecule has 1 aromatic heterocycles. The van der Waals surface area contributed by atoms with Crippen molar-refractivity contribution >= 4 is 46.2 Å². The van der Waals surface area contributed by atoms with Crippen LogP contribution in [0.5, 0.6) is 5.75 Å².